The van der Waals surface area contributed by atoms with Crippen molar-refractivity contribution in [3.63, 3.8) is 0 Å². The average molecular weight is 299 g/mol. The quantitative estimate of drug-likeness (QED) is 0.320. The van der Waals surface area contributed by atoms with Crippen LogP contribution in [0.15, 0.2) is 12.4 Å². The summed E-state index contributed by atoms with van der Waals surface area (Å²) >= 11 is 0. The van der Waals surface area contributed by atoms with Crippen molar-refractivity contribution in [2.45, 2.75) is 44.9 Å². The molecule has 5 N–H and O–H groups in total. The Balaban J connectivity index is 2.43. The number of ether oxygens (including phenoxy) is 1. The van der Waals surface area contributed by atoms with Crippen LogP contribution in [0.1, 0.15) is 27.2 Å². The molecule has 1 heterocycles. The number of alkyl carbamates (subject to hydrolysis) is 1. The number of carbonyl (C=O) groups excluding carboxylic acids is 2. The van der Waals surface area contributed by atoms with Gasteiger partial charge in [-0.05, 0) is 34.2 Å². The Kier molecular flexibility index (Phi) is 5.56. The van der Waals surface area contributed by atoms with Crippen LogP contribution in [0.4, 0.5) is 4.79 Å². The predicted molar refractivity (Wildman–Crippen MR) is 78.8 cm³/mol. The highest BCUT2D eigenvalue weighted by Crippen LogP contribution is 2.16. The lowest BCUT2D eigenvalue weighted by Crippen LogP contribution is -2.44. The van der Waals surface area contributed by atoms with Crippen LogP contribution in [0.25, 0.3) is 0 Å². The monoisotopic (exact) mass is 299 g/mol. The number of amides is 2. The van der Waals surface area contributed by atoms with Gasteiger partial charge in [-0.15, -0.1) is 0 Å². The molecule has 21 heavy (non-hydrogen) atoms. The standard InChI is InChI=1S/C13H25N5O3/c1-8(16-12(20)21-13(2,3)4)15-9-6-10(11(19)17-14)18(5)7-9/h9-10,15H,1,6-7,14H2,2-5H3,(H,16,20)(H,17,19)/t9-,10-/m0/s1. The molecule has 8 heteroatoms. The highest BCUT2D eigenvalue weighted by molar-refractivity contribution is 5.81. The van der Waals surface area contributed by atoms with Gasteiger partial charge in [0.2, 0.25) is 0 Å². The minimum Gasteiger partial charge on any atom is -0.444 e. The summed E-state index contributed by atoms with van der Waals surface area (Å²) < 4.78 is 5.13. The predicted octanol–water partition coefficient (Wildman–Crippen LogP) is -0.365. The fraction of sp³-hybridized carbons (Fsp3) is 0.692. The van der Waals surface area contributed by atoms with Crippen LogP contribution in [0.3, 0.4) is 0 Å². The fourth-order valence-electron chi connectivity index (χ4n) is 2.22. The number of hydrogen-bond acceptors (Lipinski definition) is 6. The Labute approximate surface area is 125 Å². The van der Waals surface area contributed by atoms with Crippen LogP contribution in [-0.4, -0.2) is 48.2 Å². The first-order valence-corrected chi connectivity index (χ1v) is 6.78. The Morgan fingerprint density at radius 3 is 2.52 bits per heavy atom. The van der Waals surface area contributed by atoms with Crippen LogP contribution in [0, 0.1) is 0 Å². The Morgan fingerprint density at radius 1 is 1.38 bits per heavy atom. The third kappa shape index (κ3) is 5.60. The average Bonchev–Trinajstić information content (AvgIpc) is 2.66. The summed E-state index contributed by atoms with van der Waals surface area (Å²) in [6, 6.07) is -0.290. The van der Waals surface area contributed by atoms with Gasteiger partial charge in [-0.3, -0.25) is 20.4 Å². The molecular weight excluding hydrogens is 274 g/mol. The second kappa shape index (κ2) is 6.77. The van der Waals surface area contributed by atoms with Crippen LogP contribution in [-0.2, 0) is 9.53 Å². The molecule has 0 aromatic carbocycles. The lowest BCUT2D eigenvalue weighted by molar-refractivity contribution is -0.125. The Morgan fingerprint density at radius 2 is 2.00 bits per heavy atom. The van der Waals surface area contributed by atoms with Gasteiger partial charge in [0.05, 0.1) is 6.04 Å². The van der Waals surface area contributed by atoms with E-state index in [9.17, 15) is 9.59 Å². The minimum absolute atomic E-state index is 0.000244. The molecule has 8 nitrogen and oxygen atoms in total. The summed E-state index contributed by atoms with van der Waals surface area (Å²) in [7, 11) is 1.84. The Bertz CT molecular complexity index is 419. The van der Waals surface area contributed by atoms with Gasteiger partial charge >= 0.3 is 6.09 Å². The molecule has 120 valence electrons. The number of hydrazine groups is 1. The second-order valence-corrected chi connectivity index (χ2v) is 6.15. The van der Waals surface area contributed by atoms with Crippen molar-refractivity contribution in [1.82, 2.24) is 21.0 Å². The largest absolute Gasteiger partial charge is 0.444 e. The van der Waals surface area contributed by atoms with E-state index in [1.54, 1.807) is 20.8 Å². The van der Waals surface area contributed by atoms with Crippen molar-refractivity contribution in [3.05, 3.63) is 12.4 Å². The topological polar surface area (TPSA) is 109 Å². The van der Waals surface area contributed by atoms with Gasteiger partial charge in [0.1, 0.15) is 11.4 Å². The summed E-state index contributed by atoms with van der Waals surface area (Å²) in [6.07, 6.45) is 0.0109. The van der Waals surface area contributed by atoms with E-state index in [0.29, 0.717) is 18.8 Å². The van der Waals surface area contributed by atoms with E-state index in [1.807, 2.05) is 11.9 Å². The molecule has 0 bridgehead atoms. The maximum Gasteiger partial charge on any atom is 0.413 e. The number of nitrogens with one attached hydrogen (secondary N) is 3. The number of nitrogens with zero attached hydrogens (tertiary/aromatic N) is 1. The van der Waals surface area contributed by atoms with Gasteiger partial charge in [-0.2, -0.15) is 0 Å². The molecule has 0 unspecified atom stereocenters. The molecule has 2 atom stereocenters. The van der Waals surface area contributed by atoms with E-state index in [4.69, 9.17) is 10.6 Å². The van der Waals surface area contributed by atoms with Crippen LogP contribution >= 0.6 is 0 Å². The number of carbonyl (C=O) groups is 2. The zero-order valence-corrected chi connectivity index (χ0v) is 13.0. The number of likely N-dealkylation sites (tertiary alicyclic amines) is 1. The third-order valence-electron chi connectivity index (χ3n) is 3.02. The lowest BCUT2D eigenvalue weighted by Gasteiger charge is -2.21. The number of hydrogen-bond donors (Lipinski definition) is 4. The molecule has 0 spiro atoms. The van der Waals surface area contributed by atoms with Crippen molar-refractivity contribution in [1.29, 1.82) is 0 Å². The normalized spacial score (nSPS) is 22.5. The molecule has 0 aromatic rings. The minimum atomic E-state index is -0.567. The maximum absolute atomic E-state index is 11.6. The van der Waals surface area contributed by atoms with E-state index < -0.39 is 11.7 Å². The zero-order chi connectivity index (χ0) is 16.2. The van der Waals surface area contributed by atoms with E-state index in [0.717, 1.165) is 0 Å². The molecule has 2 amide bonds. The van der Waals surface area contributed by atoms with Crippen molar-refractivity contribution in [3.8, 4) is 0 Å². The van der Waals surface area contributed by atoms with E-state index in [1.165, 1.54) is 0 Å². The summed E-state index contributed by atoms with van der Waals surface area (Å²) in [5, 5.41) is 5.59. The third-order valence-corrected chi connectivity index (χ3v) is 3.02. The van der Waals surface area contributed by atoms with Crippen molar-refractivity contribution >= 4 is 12.0 Å². The van der Waals surface area contributed by atoms with Crippen LogP contribution in [0.2, 0.25) is 0 Å². The zero-order valence-electron chi connectivity index (χ0n) is 13.0. The molecule has 1 fully saturated rings. The van der Waals surface area contributed by atoms with E-state index >= 15 is 0 Å². The SMILES string of the molecule is C=C(NC(=O)OC(C)(C)C)N[C@H]1C[C@@H](C(=O)NN)N(C)C1. The summed E-state index contributed by atoms with van der Waals surface area (Å²) in [5.41, 5.74) is 1.58. The molecular formula is C13H25N5O3. The fourth-order valence-corrected chi connectivity index (χ4v) is 2.22. The lowest BCUT2D eigenvalue weighted by atomic mass is 10.1. The molecule has 0 radical (unpaired) electrons. The first-order chi connectivity index (χ1) is 9.62. The number of rotatable bonds is 4. The second-order valence-electron chi connectivity index (χ2n) is 6.15. The summed E-state index contributed by atoms with van der Waals surface area (Å²) in [4.78, 5) is 25.1. The van der Waals surface area contributed by atoms with Gasteiger partial charge in [-0.1, -0.05) is 6.58 Å². The van der Waals surface area contributed by atoms with Gasteiger partial charge in [0, 0.05) is 12.6 Å². The molecule has 1 saturated heterocycles. The van der Waals surface area contributed by atoms with E-state index in [2.05, 4.69) is 22.6 Å². The van der Waals surface area contributed by atoms with Gasteiger partial charge in [0.25, 0.3) is 5.91 Å². The Hall–Kier alpha value is -1.80. The van der Waals surface area contributed by atoms with Crippen LogP contribution < -0.4 is 21.9 Å². The maximum atomic E-state index is 11.6. The summed E-state index contributed by atoms with van der Waals surface area (Å²) in [6.45, 7) is 9.73. The van der Waals surface area contributed by atoms with Crippen LogP contribution in [0.5, 0.6) is 0 Å². The van der Waals surface area contributed by atoms with Gasteiger partial charge < -0.3 is 10.1 Å². The molecule has 0 saturated carbocycles. The molecule has 1 aliphatic heterocycles. The van der Waals surface area contributed by atoms with Gasteiger partial charge in [0.15, 0.2) is 0 Å². The first kappa shape index (κ1) is 17.3. The summed E-state index contributed by atoms with van der Waals surface area (Å²) in [5.74, 6) is 5.26. The van der Waals surface area contributed by atoms with E-state index in [-0.39, 0.29) is 18.0 Å². The number of nitrogens with two attached hydrogens (primary N) is 1. The number of likely N-dealkylation sites (N-methyl/N-ethyl adjacent to an activating group) is 1. The van der Waals surface area contributed by atoms with Crippen molar-refractivity contribution in [2.75, 3.05) is 13.6 Å². The van der Waals surface area contributed by atoms with Gasteiger partial charge in [-0.25, -0.2) is 10.6 Å². The highest BCUT2D eigenvalue weighted by atomic mass is 16.6. The highest BCUT2D eigenvalue weighted by Gasteiger charge is 2.34. The molecule has 0 aromatic heterocycles. The smallest absolute Gasteiger partial charge is 0.413 e. The van der Waals surface area contributed by atoms with Crippen molar-refractivity contribution in [2.24, 2.45) is 5.84 Å². The molecule has 1 aliphatic rings. The first-order valence-electron chi connectivity index (χ1n) is 6.78. The van der Waals surface area contributed by atoms with Crippen molar-refractivity contribution < 1.29 is 14.3 Å². The molecule has 0 aliphatic carbocycles. The molecule has 1 rings (SSSR count).